The van der Waals surface area contributed by atoms with Crippen molar-refractivity contribution in [3.8, 4) is 5.69 Å². The van der Waals surface area contributed by atoms with E-state index in [1.807, 2.05) is 0 Å². The zero-order chi connectivity index (χ0) is 19.0. The lowest BCUT2D eigenvalue weighted by atomic mass is 10.2. The molecule has 0 atom stereocenters. The van der Waals surface area contributed by atoms with E-state index in [0.29, 0.717) is 27.4 Å². The van der Waals surface area contributed by atoms with E-state index in [1.165, 1.54) is 34.9 Å². The Balaban J connectivity index is 1.76. The van der Waals surface area contributed by atoms with Crippen LogP contribution in [-0.4, -0.2) is 15.5 Å². The quantitative estimate of drug-likeness (QED) is 0.553. The van der Waals surface area contributed by atoms with Gasteiger partial charge < -0.3 is 10.3 Å². The van der Waals surface area contributed by atoms with Gasteiger partial charge in [0.2, 0.25) is 0 Å². The molecule has 0 aliphatic rings. The predicted molar refractivity (Wildman–Crippen MR) is 103 cm³/mol. The third kappa shape index (κ3) is 3.35. The molecule has 0 radical (unpaired) electrons. The van der Waals surface area contributed by atoms with Gasteiger partial charge in [-0.15, -0.1) is 0 Å². The van der Waals surface area contributed by atoms with Crippen LogP contribution in [0.4, 0.5) is 10.1 Å². The number of benzene rings is 2. The molecule has 0 saturated carbocycles. The van der Waals surface area contributed by atoms with E-state index in [0.717, 1.165) is 0 Å². The minimum atomic E-state index is -0.396. The standard InChI is InChI=1S/C20H13ClFN3O2/c21-13-2-1-3-15(11-13)23-20(27)17-10-12-4-9-18(26)25(19(12)24-17)16-7-5-14(22)6-8-16/h1-11,24H,(H,23,27). The Bertz CT molecular complexity index is 1210. The first-order valence-electron chi connectivity index (χ1n) is 8.09. The van der Waals surface area contributed by atoms with E-state index >= 15 is 0 Å². The van der Waals surface area contributed by atoms with E-state index in [9.17, 15) is 14.0 Å². The molecule has 0 bridgehead atoms. The normalized spacial score (nSPS) is 10.9. The number of aromatic amines is 1. The van der Waals surface area contributed by atoms with Crippen LogP contribution in [0.2, 0.25) is 5.02 Å². The fourth-order valence-electron chi connectivity index (χ4n) is 2.85. The van der Waals surface area contributed by atoms with Gasteiger partial charge >= 0.3 is 0 Å². The van der Waals surface area contributed by atoms with Crippen LogP contribution in [0.3, 0.4) is 0 Å². The van der Waals surface area contributed by atoms with E-state index in [-0.39, 0.29) is 17.2 Å². The highest BCUT2D eigenvalue weighted by Crippen LogP contribution is 2.20. The maximum absolute atomic E-state index is 13.2. The lowest BCUT2D eigenvalue weighted by Crippen LogP contribution is -2.17. The molecule has 1 amide bonds. The second-order valence-electron chi connectivity index (χ2n) is 5.93. The molecule has 0 fully saturated rings. The van der Waals surface area contributed by atoms with Crippen molar-refractivity contribution in [3.05, 3.63) is 93.6 Å². The molecule has 5 nitrogen and oxygen atoms in total. The van der Waals surface area contributed by atoms with Crippen molar-refractivity contribution in [3.63, 3.8) is 0 Å². The van der Waals surface area contributed by atoms with Crippen molar-refractivity contribution in [2.45, 2.75) is 0 Å². The first-order valence-corrected chi connectivity index (χ1v) is 8.47. The Morgan fingerprint density at radius 2 is 1.81 bits per heavy atom. The first-order chi connectivity index (χ1) is 13.0. The SMILES string of the molecule is O=C(Nc1cccc(Cl)c1)c1cc2ccc(=O)n(-c3ccc(F)cc3)c2[nH]1. The number of rotatable bonds is 3. The number of aromatic nitrogens is 2. The number of nitrogens with zero attached hydrogens (tertiary/aromatic N) is 1. The minimum absolute atomic E-state index is 0.284. The number of hydrogen-bond donors (Lipinski definition) is 2. The molecule has 2 aromatic heterocycles. The van der Waals surface area contributed by atoms with Crippen molar-refractivity contribution in [1.82, 2.24) is 9.55 Å². The van der Waals surface area contributed by atoms with Crippen LogP contribution in [0.1, 0.15) is 10.5 Å². The molecule has 27 heavy (non-hydrogen) atoms. The number of H-pyrrole nitrogens is 1. The number of hydrogen-bond acceptors (Lipinski definition) is 2. The Morgan fingerprint density at radius 3 is 2.56 bits per heavy atom. The highest BCUT2D eigenvalue weighted by Gasteiger charge is 2.14. The summed E-state index contributed by atoms with van der Waals surface area (Å²) in [7, 11) is 0. The zero-order valence-corrected chi connectivity index (χ0v) is 14.6. The summed E-state index contributed by atoms with van der Waals surface area (Å²) in [5, 5.41) is 3.93. The third-order valence-electron chi connectivity index (χ3n) is 4.09. The highest BCUT2D eigenvalue weighted by atomic mass is 35.5. The molecule has 0 aliphatic heterocycles. The average molecular weight is 382 g/mol. The Kier molecular flexibility index (Phi) is 4.25. The molecule has 4 rings (SSSR count). The van der Waals surface area contributed by atoms with Gasteiger partial charge in [0.25, 0.3) is 11.5 Å². The summed E-state index contributed by atoms with van der Waals surface area (Å²) in [5.41, 5.74) is 1.49. The molecule has 134 valence electrons. The summed E-state index contributed by atoms with van der Waals surface area (Å²) in [6.45, 7) is 0. The van der Waals surface area contributed by atoms with Gasteiger partial charge in [0, 0.05) is 22.2 Å². The number of pyridine rings is 1. The van der Waals surface area contributed by atoms with Gasteiger partial charge in [-0.1, -0.05) is 17.7 Å². The molecule has 7 heteroatoms. The smallest absolute Gasteiger partial charge is 0.272 e. The van der Waals surface area contributed by atoms with Gasteiger partial charge in [-0.25, -0.2) is 4.39 Å². The van der Waals surface area contributed by atoms with Gasteiger partial charge in [-0.2, -0.15) is 0 Å². The molecule has 2 aromatic carbocycles. The van der Waals surface area contributed by atoms with Crippen molar-refractivity contribution in [2.24, 2.45) is 0 Å². The van der Waals surface area contributed by atoms with E-state index in [1.54, 1.807) is 36.4 Å². The molecular weight excluding hydrogens is 369 g/mol. The van der Waals surface area contributed by atoms with Gasteiger partial charge in [-0.3, -0.25) is 14.2 Å². The molecule has 0 saturated heterocycles. The average Bonchev–Trinajstić information content (AvgIpc) is 3.07. The maximum atomic E-state index is 13.2. The van der Waals surface area contributed by atoms with Crippen LogP contribution < -0.4 is 10.9 Å². The zero-order valence-electron chi connectivity index (χ0n) is 13.9. The molecule has 2 N–H and O–H groups in total. The summed E-state index contributed by atoms with van der Waals surface area (Å²) in [6.07, 6.45) is 0. The van der Waals surface area contributed by atoms with Gasteiger partial charge in [0.05, 0.1) is 5.69 Å². The summed E-state index contributed by atoms with van der Waals surface area (Å²) >= 11 is 5.93. The topological polar surface area (TPSA) is 66.9 Å². The lowest BCUT2D eigenvalue weighted by Gasteiger charge is -2.07. The van der Waals surface area contributed by atoms with Crippen molar-refractivity contribution in [2.75, 3.05) is 5.32 Å². The molecule has 4 aromatic rings. The minimum Gasteiger partial charge on any atom is -0.336 e. The Labute approximate surface area is 158 Å². The molecule has 0 spiro atoms. The van der Waals surface area contributed by atoms with Crippen LogP contribution in [0.15, 0.2) is 71.5 Å². The van der Waals surface area contributed by atoms with E-state index < -0.39 is 5.82 Å². The second kappa shape index (κ2) is 6.74. The van der Waals surface area contributed by atoms with E-state index in [2.05, 4.69) is 10.3 Å². The van der Waals surface area contributed by atoms with Crippen LogP contribution in [0.25, 0.3) is 16.7 Å². The number of fused-ring (bicyclic) bond motifs is 1. The van der Waals surface area contributed by atoms with Crippen molar-refractivity contribution < 1.29 is 9.18 Å². The molecule has 2 heterocycles. The number of anilines is 1. The number of halogens is 2. The summed E-state index contributed by atoms with van der Waals surface area (Å²) in [5.74, 6) is -0.765. The highest BCUT2D eigenvalue weighted by molar-refractivity contribution is 6.31. The molecular formula is C20H13ClFN3O2. The van der Waals surface area contributed by atoms with Crippen LogP contribution in [-0.2, 0) is 0 Å². The van der Waals surface area contributed by atoms with Crippen LogP contribution in [0.5, 0.6) is 0 Å². The number of carbonyl (C=O) groups excluding carboxylic acids is 1. The Morgan fingerprint density at radius 1 is 1.04 bits per heavy atom. The van der Waals surface area contributed by atoms with Crippen LogP contribution in [0, 0.1) is 5.82 Å². The number of nitrogens with one attached hydrogen (secondary N) is 2. The number of amides is 1. The largest absolute Gasteiger partial charge is 0.336 e. The maximum Gasteiger partial charge on any atom is 0.272 e. The fourth-order valence-corrected chi connectivity index (χ4v) is 3.04. The lowest BCUT2D eigenvalue weighted by molar-refractivity contribution is 0.102. The summed E-state index contributed by atoms with van der Waals surface area (Å²) in [4.78, 5) is 27.9. The molecule has 0 aliphatic carbocycles. The summed E-state index contributed by atoms with van der Waals surface area (Å²) in [6, 6.07) is 17.0. The number of carbonyl (C=O) groups is 1. The fraction of sp³-hybridized carbons (Fsp3) is 0. The molecule has 0 unspecified atom stereocenters. The first kappa shape index (κ1) is 17.1. The van der Waals surface area contributed by atoms with Gasteiger partial charge in [-0.05, 0) is 54.6 Å². The van der Waals surface area contributed by atoms with Crippen molar-refractivity contribution in [1.29, 1.82) is 0 Å². The van der Waals surface area contributed by atoms with Gasteiger partial charge in [0.1, 0.15) is 17.2 Å². The second-order valence-corrected chi connectivity index (χ2v) is 6.37. The van der Waals surface area contributed by atoms with E-state index in [4.69, 9.17) is 11.6 Å². The van der Waals surface area contributed by atoms with Crippen molar-refractivity contribution >= 4 is 34.2 Å². The monoisotopic (exact) mass is 381 g/mol. The predicted octanol–water partition coefficient (Wildman–Crippen LogP) is 4.36. The van der Waals surface area contributed by atoms with Crippen LogP contribution >= 0.6 is 11.6 Å². The van der Waals surface area contributed by atoms with Gasteiger partial charge in [0.15, 0.2) is 0 Å². The Hall–Kier alpha value is -3.38. The third-order valence-corrected chi connectivity index (χ3v) is 4.32. The summed E-state index contributed by atoms with van der Waals surface area (Å²) < 4.78 is 14.6.